The molecule has 1 saturated heterocycles. The summed E-state index contributed by atoms with van der Waals surface area (Å²) in [7, 11) is 0. The molecule has 0 radical (unpaired) electrons. The molecule has 0 aromatic heterocycles. The first-order valence-electron chi connectivity index (χ1n) is 6.85. The Balaban J connectivity index is 1.99. The molecule has 0 saturated carbocycles. The van der Waals surface area contributed by atoms with E-state index in [9.17, 15) is 4.79 Å². The number of carbonyl (C=O) groups excluding carboxylic acids is 1. The summed E-state index contributed by atoms with van der Waals surface area (Å²) in [4.78, 5) is 14.3. The van der Waals surface area contributed by atoms with Crippen LogP contribution in [0.1, 0.15) is 31.2 Å². The number of amides is 1. The summed E-state index contributed by atoms with van der Waals surface area (Å²) >= 11 is 3.40. The van der Waals surface area contributed by atoms with Crippen molar-refractivity contribution in [3.05, 3.63) is 34.3 Å². The van der Waals surface area contributed by atoms with Gasteiger partial charge in [0.1, 0.15) is 0 Å². The molecule has 0 bridgehead atoms. The van der Waals surface area contributed by atoms with Gasteiger partial charge in [-0.25, -0.2) is 0 Å². The largest absolute Gasteiger partial charge is 0.396 e. The molecule has 1 aromatic rings. The average molecular weight is 326 g/mol. The van der Waals surface area contributed by atoms with Crippen LogP contribution in [0, 0.1) is 0 Å². The highest BCUT2D eigenvalue weighted by atomic mass is 79.9. The Labute approximate surface area is 122 Å². The lowest BCUT2D eigenvalue weighted by molar-refractivity contribution is -0.134. The van der Waals surface area contributed by atoms with E-state index >= 15 is 0 Å². The van der Waals surface area contributed by atoms with Crippen molar-refractivity contribution in [1.29, 1.82) is 0 Å². The fourth-order valence-corrected chi connectivity index (χ4v) is 2.92. The first-order chi connectivity index (χ1) is 9.20. The van der Waals surface area contributed by atoms with Crippen molar-refractivity contribution in [3.63, 3.8) is 0 Å². The number of aliphatic hydroxyl groups excluding tert-OH is 1. The molecule has 1 fully saturated rings. The minimum atomic E-state index is 0.159. The molecule has 1 aliphatic heterocycles. The van der Waals surface area contributed by atoms with E-state index in [-0.39, 0.29) is 18.6 Å². The molecule has 104 valence electrons. The molecule has 1 heterocycles. The van der Waals surface area contributed by atoms with Gasteiger partial charge >= 0.3 is 0 Å². The third-order valence-electron chi connectivity index (χ3n) is 3.68. The van der Waals surface area contributed by atoms with Crippen molar-refractivity contribution < 1.29 is 9.90 Å². The average Bonchev–Trinajstić information content (AvgIpc) is 2.42. The fraction of sp³-hybridized carbons (Fsp3) is 0.533. The topological polar surface area (TPSA) is 40.5 Å². The Kier molecular flexibility index (Phi) is 5.40. The van der Waals surface area contributed by atoms with E-state index in [1.165, 1.54) is 0 Å². The zero-order valence-electron chi connectivity index (χ0n) is 11.0. The highest BCUT2D eigenvalue weighted by Crippen LogP contribution is 2.21. The lowest BCUT2D eigenvalue weighted by Crippen LogP contribution is -2.44. The highest BCUT2D eigenvalue weighted by molar-refractivity contribution is 9.10. The summed E-state index contributed by atoms with van der Waals surface area (Å²) in [5.74, 6) is 0.181. The van der Waals surface area contributed by atoms with E-state index in [4.69, 9.17) is 5.11 Å². The van der Waals surface area contributed by atoms with Crippen LogP contribution < -0.4 is 0 Å². The first-order valence-corrected chi connectivity index (χ1v) is 7.65. The number of halogens is 1. The van der Waals surface area contributed by atoms with Crippen molar-refractivity contribution in [1.82, 2.24) is 4.90 Å². The standard InChI is InChI=1S/C15H20BrNO2/c16-13-6-4-12(5-7-13)11-15(19)17-9-2-1-3-14(17)8-10-18/h4-7,14,18H,1-3,8-11H2. The molecule has 19 heavy (non-hydrogen) atoms. The molecule has 2 rings (SSSR count). The minimum Gasteiger partial charge on any atom is -0.396 e. The van der Waals surface area contributed by atoms with Crippen molar-refractivity contribution in [2.24, 2.45) is 0 Å². The number of aliphatic hydroxyl groups is 1. The molecule has 1 atom stereocenters. The zero-order chi connectivity index (χ0) is 13.7. The van der Waals surface area contributed by atoms with Gasteiger partial charge in [-0.3, -0.25) is 4.79 Å². The summed E-state index contributed by atoms with van der Waals surface area (Å²) in [5.41, 5.74) is 1.04. The second-order valence-electron chi connectivity index (χ2n) is 5.05. The van der Waals surface area contributed by atoms with Gasteiger partial charge in [0, 0.05) is 23.7 Å². The molecule has 1 unspecified atom stereocenters. The third-order valence-corrected chi connectivity index (χ3v) is 4.21. The normalized spacial score (nSPS) is 19.5. The van der Waals surface area contributed by atoms with Gasteiger partial charge in [-0.2, -0.15) is 0 Å². The molecule has 0 spiro atoms. The summed E-state index contributed by atoms with van der Waals surface area (Å²) in [6.45, 7) is 0.993. The summed E-state index contributed by atoms with van der Waals surface area (Å²) in [5, 5.41) is 9.10. The van der Waals surface area contributed by atoms with Crippen LogP contribution in [-0.2, 0) is 11.2 Å². The summed E-state index contributed by atoms with van der Waals surface area (Å²) < 4.78 is 1.03. The number of hydrogen-bond donors (Lipinski definition) is 1. The van der Waals surface area contributed by atoms with Crippen LogP contribution in [0.4, 0.5) is 0 Å². The lowest BCUT2D eigenvalue weighted by atomic mass is 9.98. The Morgan fingerprint density at radius 2 is 2.05 bits per heavy atom. The molecule has 4 heteroatoms. The number of rotatable bonds is 4. The Bertz CT molecular complexity index is 417. The maximum atomic E-state index is 12.4. The van der Waals surface area contributed by atoms with E-state index in [1.54, 1.807) is 0 Å². The number of hydrogen-bond acceptors (Lipinski definition) is 2. The van der Waals surface area contributed by atoms with Gasteiger partial charge in [0.2, 0.25) is 5.91 Å². The summed E-state index contributed by atoms with van der Waals surface area (Å²) in [6, 6.07) is 8.11. The van der Waals surface area contributed by atoms with E-state index < -0.39 is 0 Å². The second-order valence-corrected chi connectivity index (χ2v) is 5.97. The summed E-state index contributed by atoms with van der Waals surface area (Å²) in [6.07, 6.45) is 4.41. The van der Waals surface area contributed by atoms with Crippen LogP contribution in [-0.4, -0.2) is 35.1 Å². The number of carbonyl (C=O) groups is 1. The van der Waals surface area contributed by atoms with Gasteiger partial charge in [-0.05, 0) is 43.4 Å². The molecule has 1 aliphatic rings. The third kappa shape index (κ3) is 4.05. The maximum absolute atomic E-state index is 12.4. The SMILES string of the molecule is O=C(Cc1ccc(Br)cc1)N1CCCCC1CCO. The number of piperidine rings is 1. The molecule has 3 nitrogen and oxygen atoms in total. The zero-order valence-corrected chi connectivity index (χ0v) is 12.6. The van der Waals surface area contributed by atoms with Gasteiger partial charge in [-0.15, -0.1) is 0 Å². The number of benzene rings is 1. The van der Waals surface area contributed by atoms with Gasteiger partial charge in [-0.1, -0.05) is 28.1 Å². The quantitative estimate of drug-likeness (QED) is 0.924. The maximum Gasteiger partial charge on any atom is 0.227 e. The first kappa shape index (κ1) is 14.5. The van der Waals surface area contributed by atoms with E-state index in [0.717, 1.165) is 35.8 Å². The van der Waals surface area contributed by atoms with Crippen LogP contribution >= 0.6 is 15.9 Å². The van der Waals surface area contributed by atoms with E-state index in [1.807, 2.05) is 29.2 Å². The van der Waals surface area contributed by atoms with Crippen molar-refractivity contribution >= 4 is 21.8 Å². The van der Waals surface area contributed by atoms with Crippen molar-refractivity contribution in [2.45, 2.75) is 38.1 Å². The molecular weight excluding hydrogens is 306 g/mol. The smallest absolute Gasteiger partial charge is 0.227 e. The van der Waals surface area contributed by atoms with Crippen LogP contribution in [0.15, 0.2) is 28.7 Å². The van der Waals surface area contributed by atoms with Crippen LogP contribution in [0.3, 0.4) is 0 Å². The molecule has 0 aliphatic carbocycles. The van der Waals surface area contributed by atoms with Gasteiger partial charge in [0.25, 0.3) is 0 Å². The number of likely N-dealkylation sites (tertiary alicyclic amines) is 1. The molecule has 1 amide bonds. The molecule has 1 aromatic carbocycles. The Morgan fingerprint density at radius 3 is 2.74 bits per heavy atom. The number of nitrogens with zero attached hydrogens (tertiary/aromatic N) is 1. The second kappa shape index (κ2) is 7.06. The van der Waals surface area contributed by atoms with E-state index in [0.29, 0.717) is 12.8 Å². The van der Waals surface area contributed by atoms with Gasteiger partial charge in [0.05, 0.1) is 6.42 Å². The monoisotopic (exact) mass is 325 g/mol. The predicted octanol–water partition coefficient (Wildman–Crippen LogP) is 2.76. The highest BCUT2D eigenvalue weighted by Gasteiger charge is 2.25. The van der Waals surface area contributed by atoms with Crippen LogP contribution in [0.5, 0.6) is 0 Å². The van der Waals surface area contributed by atoms with Gasteiger partial charge < -0.3 is 10.0 Å². The van der Waals surface area contributed by atoms with Crippen molar-refractivity contribution in [3.8, 4) is 0 Å². The predicted molar refractivity (Wildman–Crippen MR) is 78.9 cm³/mol. The van der Waals surface area contributed by atoms with Crippen LogP contribution in [0.25, 0.3) is 0 Å². The van der Waals surface area contributed by atoms with Gasteiger partial charge in [0.15, 0.2) is 0 Å². The molecule has 1 N–H and O–H groups in total. The minimum absolute atomic E-state index is 0.159. The lowest BCUT2D eigenvalue weighted by Gasteiger charge is -2.35. The van der Waals surface area contributed by atoms with E-state index in [2.05, 4.69) is 15.9 Å². The van der Waals surface area contributed by atoms with Crippen LogP contribution in [0.2, 0.25) is 0 Å². The fourth-order valence-electron chi connectivity index (χ4n) is 2.66. The molecular formula is C15H20BrNO2. The Hall–Kier alpha value is -0.870. The van der Waals surface area contributed by atoms with Crippen molar-refractivity contribution in [2.75, 3.05) is 13.2 Å². The Morgan fingerprint density at radius 1 is 1.32 bits per heavy atom.